The van der Waals surface area contributed by atoms with Crippen molar-refractivity contribution >= 4 is 6.03 Å². The van der Waals surface area contributed by atoms with Crippen molar-refractivity contribution in [1.29, 1.82) is 0 Å². The lowest BCUT2D eigenvalue weighted by molar-refractivity contribution is -0.00726. The summed E-state index contributed by atoms with van der Waals surface area (Å²) >= 11 is 0. The first kappa shape index (κ1) is 20.1. The predicted molar refractivity (Wildman–Crippen MR) is 113 cm³/mol. The van der Waals surface area contributed by atoms with Crippen molar-refractivity contribution < 1.29 is 13.9 Å². The second-order valence-corrected chi connectivity index (χ2v) is 8.51. The number of benzene rings is 1. The van der Waals surface area contributed by atoms with E-state index in [1.807, 2.05) is 58.1 Å². The van der Waals surface area contributed by atoms with Crippen LogP contribution in [-0.4, -0.2) is 29.1 Å². The van der Waals surface area contributed by atoms with E-state index in [-0.39, 0.29) is 23.9 Å². The van der Waals surface area contributed by atoms with Gasteiger partial charge in [0, 0.05) is 17.4 Å². The summed E-state index contributed by atoms with van der Waals surface area (Å²) in [5.41, 5.74) is 1.97. The zero-order valence-corrected chi connectivity index (χ0v) is 17.6. The highest BCUT2D eigenvalue weighted by molar-refractivity contribution is 5.79. The summed E-state index contributed by atoms with van der Waals surface area (Å²) < 4.78 is 19.8. The van der Waals surface area contributed by atoms with Gasteiger partial charge in [0.2, 0.25) is 0 Å². The van der Waals surface area contributed by atoms with Crippen LogP contribution in [0.15, 0.2) is 71.5 Å². The van der Waals surface area contributed by atoms with E-state index in [9.17, 15) is 9.18 Å². The number of allylic oxidation sites excluding steroid dienone is 3. The number of carbonyl (C=O) groups excluding carboxylic acids is 1. The molecule has 0 saturated carbocycles. The maximum absolute atomic E-state index is 13.7. The number of rotatable bonds is 2. The van der Waals surface area contributed by atoms with Crippen LogP contribution in [0.5, 0.6) is 0 Å². The number of urea groups is 1. The number of dihydropyridines is 2. The van der Waals surface area contributed by atoms with Gasteiger partial charge in [0.05, 0.1) is 12.6 Å². The maximum Gasteiger partial charge on any atom is 0.327 e. The SMILES string of the molecule is CC1=CC(NC(=O)N2CC(C)(C)OC3=C2NC(c2cccc(F)c2)C=C3)=CC(C)N1. The average molecular weight is 410 g/mol. The van der Waals surface area contributed by atoms with Crippen molar-refractivity contribution in [3.05, 3.63) is 82.9 Å². The second kappa shape index (κ2) is 7.55. The molecule has 4 rings (SSSR count). The number of amides is 2. The van der Waals surface area contributed by atoms with Crippen LogP contribution in [-0.2, 0) is 4.74 Å². The van der Waals surface area contributed by atoms with Gasteiger partial charge in [0.15, 0.2) is 11.6 Å². The fourth-order valence-corrected chi connectivity index (χ4v) is 3.94. The Morgan fingerprint density at radius 2 is 2.13 bits per heavy atom. The largest absolute Gasteiger partial charge is 0.482 e. The minimum atomic E-state index is -0.546. The Morgan fingerprint density at radius 3 is 2.87 bits per heavy atom. The van der Waals surface area contributed by atoms with E-state index in [1.54, 1.807) is 11.0 Å². The van der Waals surface area contributed by atoms with Gasteiger partial charge in [-0.2, -0.15) is 0 Å². The summed E-state index contributed by atoms with van der Waals surface area (Å²) in [6.07, 6.45) is 7.63. The minimum absolute atomic E-state index is 0.134. The summed E-state index contributed by atoms with van der Waals surface area (Å²) in [7, 11) is 0. The molecule has 0 radical (unpaired) electrons. The third kappa shape index (κ3) is 4.20. The van der Waals surface area contributed by atoms with Crippen LogP contribution in [0.25, 0.3) is 0 Å². The Balaban J connectivity index is 1.60. The molecule has 0 aliphatic carbocycles. The van der Waals surface area contributed by atoms with E-state index in [1.165, 1.54) is 12.1 Å². The van der Waals surface area contributed by atoms with Crippen LogP contribution in [0.2, 0.25) is 0 Å². The molecule has 0 bridgehead atoms. The van der Waals surface area contributed by atoms with Crippen LogP contribution in [0.4, 0.5) is 9.18 Å². The molecule has 1 aromatic carbocycles. The molecular weight excluding hydrogens is 383 g/mol. The van der Waals surface area contributed by atoms with Crippen molar-refractivity contribution in [2.24, 2.45) is 0 Å². The van der Waals surface area contributed by atoms with Crippen LogP contribution < -0.4 is 16.0 Å². The van der Waals surface area contributed by atoms with E-state index in [0.29, 0.717) is 18.1 Å². The Morgan fingerprint density at radius 1 is 1.33 bits per heavy atom. The van der Waals surface area contributed by atoms with E-state index in [4.69, 9.17) is 4.74 Å². The molecule has 2 unspecified atom stereocenters. The zero-order valence-electron chi connectivity index (χ0n) is 17.6. The van der Waals surface area contributed by atoms with Gasteiger partial charge in [0.1, 0.15) is 11.4 Å². The summed E-state index contributed by atoms with van der Waals surface area (Å²) in [6.45, 7) is 8.25. The first-order chi connectivity index (χ1) is 14.2. The lowest BCUT2D eigenvalue weighted by Gasteiger charge is -2.43. The van der Waals surface area contributed by atoms with Gasteiger partial charge in [0.25, 0.3) is 0 Å². The number of hydrogen-bond donors (Lipinski definition) is 3. The number of nitrogens with one attached hydrogen (secondary N) is 3. The summed E-state index contributed by atoms with van der Waals surface area (Å²) in [5, 5.41) is 9.63. The molecule has 158 valence electrons. The number of carbonyl (C=O) groups is 1. The molecule has 30 heavy (non-hydrogen) atoms. The highest BCUT2D eigenvalue weighted by Crippen LogP contribution is 2.33. The van der Waals surface area contributed by atoms with Gasteiger partial charge in [-0.15, -0.1) is 0 Å². The molecular formula is C23H27FN4O2. The molecule has 0 spiro atoms. The molecule has 0 fully saturated rings. The molecule has 2 amide bonds. The monoisotopic (exact) mass is 410 g/mol. The standard InChI is InChI=1S/C23H27FN4O2/c1-14-10-18(11-15(2)25-14)26-22(29)28-13-23(3,4)30-20-9-8-19(27-21(20)28)16-6-5-7-17(24)12-16/h5-12,14,19,25,27H,13H2,1-4H3,(H,26,29). The first-order valence-corrected chi connectivity index (χ1v) is 10.1. The molecule has 1 aromatic rings. The van der Waals surface area contributed by atoms with Gasteiger partial charge < -0.3 is 20.7 Å². The van der Waals surface area contributed by atoms with Crippen LogP contribution in [0, 0.1) is 5.82 Å². The zero-order chi connectivity index (χ0) is 21.5. The van der Waals surface area contributed by atoms with E-state index in [0.717, 1.165) is 17.0 Å². The lowest BCUT2D eigenvalue weighted by atomic mass is 10.0. The number of nitrogens with zero attached hydrogens (tertiary/aromatic N) is 1. The molecule has 7 heteroatoms. The molecule has 6 nitrogen and oxygen atoms in total. The number of ether oxygens (including phenoxy) is 1. The summed E-state index contributed by atoms with van der Waals surface area (Å²) in [5.74, 6) is 0.868. The molecule has 0 aromatic heterocycles. The molecule has 0 saturated heterocycles. The van der Waals surface area contributed by atoms with Gasteiger partial charge in [-0.05, 0) is 63.6 Å². The molecule has 2 atom stereocenters. The third-order valence-electron chi connectivity index (χ3n) is 5.12. The van der Waals surface area contributed by atoms with Crippen molar-refractivity contribution in [3.8, 4) is 0 Å². The second-order valence-electron chi connectivity index (χ2n) is 8.51. The molecule has 3 heterocycles. The van der Waals surface area contributed by atoms with Gasteiger partial charge >= 0.3 is 6.03 Å². The maximum atomic E-state index is 13.7. The topological polar surface area (TPSA) is 65.6 Å². The molecule has 3 aliphatic rings. The van der Waals surface area contributed by atoms with Gasteiger partial charge in [-0.25, -0.2) is 9.18 Å². The van der Waals surface area contributed by atoms with E-state index < -0.39 is 5.60 Å². The van der Waals surface area contributed by atoms with Gasteiger partial charge in [-0.3, -0.25) is 4.90 Å². The number of hydrogen-bond acceptors (Lipinski definition) is 4. The van der Waals surface area contributed by atoms with E-state index >= 15 is 0 Å². The number of halogens is 1. The van der Waals surface area contributed by atoms with E-state index in [2.05, 4.69) is 16.0 Å². The minimum Gasteiger partial charge on any atom is -0.482 e. The van der Waals surface area contributed by atoms with Crippen molar-refractivity contribution in [3.63, 3.8) is 0 Å². The highest BCUT2D eigenvalue weighted by Gasteiger charge is 2.38. The Hall–Kier alpha value is -3.22. The normalized spacial score (nSPS) is 24.6. The highest BCUT2D eigenvalue weighted by atomic mass is 19.1. The first-order valence-electron chi connectivity index (χ1n) is 10.1. The van der Waals surface area contributed by atoms with Crippen molar-refractivity contribution in [2.45, 2.75) is 45.4 Å². The Kier molecular flexibility index (Phi) is 5.05. The summed E-state index contributed by atoms with van der Waals surface area (Å²) in [4.78, 5) is 14.9. The average Bonchev–Trinajstić information content (AvgIpc) is 2.65. The lowest BCUT2D eigenvalue weighted by Crippen LogP contribution is -2.54. The molecule has 3 aliphatic heterocycles. The quantitative estimate of drug-likeness (QED) is 0.694. The fraction of sp³-hybridized carbons (Fsp3) is 0.348. The van der Waals surface area contributed by atoms with Gasteiger partial charge in [-0.1, -0.05) is 18.2 Å². The Labute approximate surface area is 176 Å². The smallest absolute Gasteiger partial charge is 0.327 e. The van der Waals surface area contributed by atoms with Crippen molar-refractivity contribution in [2.75, 3.05) is 6.54 Å². The van der Waals surface area contributed by atoms with Crippen LogP contribution >= 0.6 is 0 Å². The van der Waals surface area contributed by atoms with Crippen molar-refractivity contribution in [1.82, 2.24) is 20.9 Å². The Bertz CT molecular complexity index is 993. The van der Waals surface area contributed by atoms with Crippen LogP contribution in [0.1, 0.15) is 39.3 Å². The predicted octanol–water partition coefficient (Wildman–Crippen LogP) is 3.80. The van der Waals surface area contributed by atoms with Crippen LogP contribution in [0.3, 0.4) is 0 Å². The third-order valence-corrected chi connectivity index (χ3v) is 5.12. The fourth-order valence-electron chi connectivity index (χ4n) is 3.94. The summed E-state index contributed by atoms with van der Waals surface area (Å²) in [6, 6.07) is 6.05. The molecule has 3 N–H and O–H groups in total.